The van der Waals surface area contributed by atoms with Gasteiger partial charge < -0.3 is 25.7 Å². The summed E-state index contributed by atoms with van der Waals surface area (Å²) in [4.78, 5) is 38.2. The van der Waals surface area contributed by atoms with Crippen LogP contribution in [0.1, 0.15) is 89.7 Å². The van der Waals surface area contributed by atoms with E-state index in [1.165, 1.54) is 25.5 Å². The normalized spacial score (nSPS) is 12.7. The van der Waals surface area contributed by atoms with E-state index in [0.29, 0.717) is 22.6 Å². The highest BCUT2D eigenvalue weighted by molar-refractivity contribution is 5.97. The first kappa shape index (κ1) is 42.6. The number of aryl methyl sites for hydroxylation is 1. The summed E-state index contributed by atoms with van der Waals surface area (Å²) < 4.78 is 28.1. The second kappa shape index (κ2) is 22.0. The first-order chi connectivity index (χ1) is 20.5. The first-order valence-corrected chi connectivity index (χ1v) is 15.2. The molecule has 10 heteroatoms. The van der Waals surface area contributed by atoms with Crippen LogP contribution in [0.5, 0.6) is 5.75 Å². The number of halogens is 2. The van der Waals surface area contributed by atoms with E-state index >= 15 is 0 Å². The molecule has 0 aliphatic rings. The summed E-state index contributed by atoms with van der Waals surface area (Å²) in [6, 6.07) is 1.88. The molecule has 0 aliphatic carbocycles. The SMILES string of the molecule is C=C/C(C)=C\C=C/CC.CC.CCC(F)(F)CN(CC(=O)NCC(C)C)C(=O)C(O)C(C)NC(=O)c1cc(C)cc(O)c1C. The van der Waals surface area contributed by atoms with Crippen LogP contribution in [0.15, 0.2) is 48.6 Å². The van der Waals surface area contributed by atoms with Gasteiger partial charge in [0, 0.05) is 24.1 Å². The summed E-state index contributed by atoms with van der Waals surface area (Å²) in [5.41, 5.74) is 2.31. The average Bonchev–Trinajstić information content (AvgIpc) is 2.97. The zero-order valence-electron chi connectivity index (χ0n) is 28.3. The van der Waals surface area contributed by atoms with Crippen LogP contribution in [0.25, 0.3) is 0 Å². The zero-order valence-corrected chi connectivity index (χ0v) is 28.3. The number of allylic oxidation sites excluding steroid dienone is 5. The number of carbonyl (C=O) groups is 3. The highest BCUT2D eigenvalue weighted by Gasteiger charge is 2.36. The molecule has 2 unspecified atom stereocenters. The number of alkyl halides is 2. The van der Waals surface area contributed by atoms with Crippen molar-refractivity contribution in [2.24, 2.45) is 5.92 Å². The second-order valence-electron chi connectivity index (χ2n) is 10.7. The Bertz CT molecular complexity index is 1120. The minimum absolute atomic E-state index is 0.0789. The van der Waals surface area contributed by atoms with Crippen molar-refractivity contribution >= 4 is 17.7 Å². The van der Waals surface area contributed by atoms with Crippen LogP contribution in [-0.2, 0) is 9.59 Å². The molecule has 4 N–H and O–H groups in total. The Morgan fingerprint density at radius 1 is 1.11 bits per heavy atom. The molecule has 3 amide bonds. The van der Waals surface area contributed by atoms with Gasteiger partial charge in [-0.15, -0.1) is 0 Å². The third kappa shape index (κ3) is 16.9. The molecule has 0 fully saturated rings. The van der Waals surface area contributed by atoms with Gasteiger partial charge in [0.05, 0.1) is 19.1 Å². The number of aromatic hydroxyl groups is 1. The number of nitrogens with zero attached hydrogens (tertiary/aromatic N) is 1. The van der Waals surface area contributed by atoms with Gasteiger partial charge in [0.15, 0.2) is 6.10 Å². The molecule has 1 aromatic rings. The molecule has 0 saturated heterocycles. The molecule has 0 aliphatic heterocycles. The molecule has 0 saturated carbocycles. The summed E-state index contributed by atoms with van der Waals surface area (Å²) in [6.45, 7) is 20.0. The van der Waals surface area contributed by atoms with Crippen molar-refractivity contribution < 1.29 is 33.4 Å². The largest absolute Gasteiger partial charge is 0.508 e. The third-order valence-electron chi connectivity index (χ3n) is 6.20. The minimum atomic E-state index is -3.25. The zero-order chi connectivity index (χ0) is 34.6. The Morgan fingerprint density at radius 3 is 2.20 bits per heavy atom. The molecule has 0 heterocycles. The molecule has 8 nitrogen and oxygen atoms in total. The lowest BCUT2D eigenvalue weighted by molar-refractivity contribution is -0.149. The van der Waals surface area contributed by atoms with Gasteiger partial charge in [-0.2, -0.15) is 0 Å². The summed E-state index contributed by atoms with van der Waals surface area (Å²) in [7, 11) is 0. The summed E-state index contributed by atoms with van der Waals surface area (Å²) >= 11 is 0. The van der Waals surface area contributed by atoms with Gasteiger partial charge in [-0.25, -0.2) is 8.78 Å². The molecule has 44 heavy (non-hydrogen) atoms. The number of rotatable bonds is 14. The van der Waals surface area contributed by atoms with Gasteiger partial charge in [-0.3, -0.25) is 14.4 Å². The number of amides is 3. The van der Waals surface area contributed by atoms with Crippen LogP contribution in [-0.4, -0.2) is 70.5 Å². The predicted molar refractivity (Wildman–Crippen MR) is 175 cm³/mol. The van der Waals surface area contributed by atoms with Gasteiger partial charge in [-0.05, 0) is 57.7 Å². The third-order valence-corrected chi connectivity index (χ3v) is 6.20. The molecule has 0 aromatic heterocycles. The van der Waals surface area contributed by atoms with Crippen LogP contribution in [0, 0.1) is 19.8 Å². The number of aliphatic hydroxyl groups is 1. The standard InChI is InChI=1S/C23H35F2N3O5.C9H14.C2H6/c1-7-23(24,25)12-28(11-19(30)26-10-13(2)3)22(33)20(31)16(6)27-21(32)17-8-14(4)9-18(29)15(17)5;1-4-6-7-8-9(3)5-2;1-2/h8-9,13,16,20,29,31H,7,10-12H2,1-6H3,(H,26,30)(H,27,32);5-8H,2,4H2,1,3H3;1-2H3/b;7-6-,9-8-;. The van der Waals surface area contributed by atoms with Crippen LogP contribution in [0.3, 0.4) is 0 Å². The molecule has 2 atom stereocenters. The van der Waals surface area contributed by atoms with E-state index in [4.69, 9.17) is 0 Å². The van der Waals surface area contributed by atoms with E-state index in [0.717, 1.165) is 6.42 Å². The summed E-state index contributed by atoms with van der Waals surface area (Å²) in [6.07, 6.45) is 6.75. The Morgan fingerprint density at radius 2 is 1.70 bits per heavy atom. The number of nitrogens with one attached hydrogen (secondary N) is 2. The minimum Gasteiger partial charge on any atom is -0.508 e. The smallest absolute Gasteiger partial charge is 0.265 e. The van der Waals surface area contributed by atoms with Crippen molar-refractivity contribution in [2.75, 3.05) is 19.6 Å². The molecule has 1 aromatic carbocycles. The fraction of sp³-hybridized carbons (Fsp3) is 0.559. The van der Waals surface area contributed by atoms with Crippen molar-refractivity contribution in [1.82, 2.24) is 15.5 Å². The number of benzene rings is 1. The second-order valence-corrected chi connectivity index (χ2v) is 10.7. The lowest BCUT2D eigenvalue weighted by atomic mass is 10.0. The lowest BCUT2D eigenvalue weighted by Crippen LogP contribution is -2.54. The highest BCUT2D eigenvalue weighted by atomic mass is 19.3. The quantitative estimate of drug-likeness (QED) is 0.183. The van der Waals surface area contributed by atoms with Gasteiger partial charge >= 0.3 is 0 Å². The maximum atomic E-state index is 14.0. The molecule has 1 rings (SSSR count). The molecular formula is C34H55F2N3O5. The molecule has 250 valence electrons. The number of carbonyl (C=O) groups excluding carboxylic acids is 3. The van der Waals surface area contributed by atoms with Gasteiger partial charge in [0.25, 0.3) is 17.7 Å². The lowest BCUT2D eigenvalue weighted by Gasteiger charge is -2.30. The monoisotopic (exact) mass is 623 g/mol. The van der Waals surface area contributed by atoms with Gasteiger partial charge in [0.2, 0.25) is 5.91 Å². The van der Waals surface area contributed by atoms with Crippen molar-refractivity contribution in [3.8, 4) is 5.75 Å². The van der Waals surface area contributed by atoms with E-state index < -0.39 is 55.3 Å². The summed E-state index contributed by atoms with van der Waals surface area (Å²) in [5.74, 6) is -5.58. The van der Waals surface area contributed by atoms with Crippen molar-refractivity contribution in [1.29, 1.82) is 0 Å². The number of hydrogen-bond acceptors (Lipinski definition) is 5. The van der Waals surface area contributed by atoms with Crippen molar-refractivity contribution in [3.05, 3.63) is 65.3 Å². The van der Waals surface area contributed by atoms with Crippen LogP contribution in [0.4, 0.5) is 8.78 Å². The van der Waals surface area contributed by atoms with Crippen molar-refractivity contribution in [2.45, 2.75) is 100 Å². The average molecular weight is 624 g/mol. The van der Waals surface area contributed by atoms with Gasteiger partial charge in [0.1, 0.15) is 5.75 Å². The van der Waals surface area contributed by atoms with E-state index in [1.807, 2.05) is 40.7 Å². The van der Waals surface area contributed by atoms with Crippen LogP contribution in [0.2, 0.25) is 0 Å². The number of aliphatic hydroxyl groups excluding tert-OH is 1. The topological polar surface area (TPSA) is 119 Å². The van der Waals surface area contributed by atoms with E-state index in [1.54, 1.807) is 19.9 Å². The molecule has 0 bridgehead atoms. The van der Waals surface area contributed by atoms with Gasteiger partial charge in [-0.1, -0.05) is 78.0 Å². The Labute approximate surface area is 263 Å². The number of phenolic OH excluding ortho intramolecular Hbond substituents is 1. The van der Waals surface area contributed by atoms with E-state index in [-0.39, 0.29) is 17.2 Å². The maximum Gasteiger partial charge on any atom is 0.265 e. The maximum absolute atomic E-state index is 14.0. The first-order valence-electron chi connectivity index (χ1n) is 15.2. The Hall–Kier alpha value is -3.53. The van der Waals surface area contributed by atoms with Crippen molar-refractivity contribution in [3.63, 3.8) is 0 Å². The Balaban J connectivity index is 0. The fourth-order valence-corrected chi connectivity index (χ4v) is 3.41. The predicted octanol–water partition coefficient (Wildman–Crippen LogP) is 6.25. The summed E-state index contributed by atoms with van der Waals surface area (Å²) in [5, 5.41) is 25.4. The Kier molecular flexibility index (Phi) is 21.3. The molecule has 0 radical (unpaired) electrons. The van der Waals surface area contributed by atoms with Crippen LogP contribution < -0.4 is 10.6 Å². The van der Waals surface area contributed by atoms with E-state index in [9.17, 15) is 33.4 Å². The van der Waals surface area contributed by atoms with E-state index in [2.05, 4.69) is 42.4 Å². The fourth-order valence-electron chi connectivity index (χ4n) is 3.41. The highest BCUT2D eigenvalue weighted by Crippen LogP contribution is 2.23. The number of hydrogen-bond donors (Lipinski definition) is 4. The van der Waals surface area contributed by atoms with Crippen LogP contribution >= 0.6 is 0 Å². The number of phenols is 1. The molecule has 0 spiro atoms. The molecular weight excluding hydrogens is 568 g/mol.